The van der Waals surface area contributed by atoms with Crippen LogP contribution in [0.2, 0.25) is 5.02 Å². The summed E-state index contributed by atoms with van der Waals surface area (Å²) in [4.78, 5) is 26.8. The van der Waals surface area contributed by atoms with Gasteiger partial charge in [-0.15, -0.1) is 0 Å². The summed E-state index contributed by atoms with van der Waals surface area (Å²) in [6.45, 7) is 2.83. The lowest BCUT2D eigenvalue weighted by molar-refractivity contribution is 0.0903. The summed E-state index contributed by atoms with van der Waals surface area (Å²) in [5, 5.41) is 3.74. The van der Waals surface area contributed by atoms with Crippen LogP contribution in [0.4, 0.5) is 0 Å². The van der Waals surface area contributed by atoms with Gasteiger partial charge >= 0.3 is 0 Å². The second-order valence-electron chi connectivity index (χ2n) is 6.99. The Morgan fingerprint density at radius 1 is 0.963 bits per heavy atom. The van der Waals surface area contributed by atoms with Crippen molar-refractivity contribution in [2.75, 3.05) is 19.6 Å². The van der Waals surface area contributed by atoms with Crippen LogP contribution in [0.3, 0.4) is 0 Å². The standard InChI is InChI=1S/C22H25ClN2O2/c23-19-10-8-18(9-11-19)22(27)24-20-12-15-25(16-13-20)14-4-7-21(26)17-5-2-1-3-6-17/h1-3,5-6,8-11,20H,4,7,12-16H2,(H,24,27). The van der Waals surface area contributed by atoms with Crippen molar-refractivity contribution in [1.82, 2.24) is 10.2 Å². The van der Waals surface area contributed by atoms with E-state index in [1.54, 1.807) is 24.3 Å². The van der Waals surface area contributed by atoms with Crippen molar-refractivity contribution in [3.8, 4) is 0 Å². The number of hydrogen-bond acceptors (Lipinski definition) is 3. The van der Waals surface area contributed by atoms with Crippen LogP contribution in [-0.2, 0) is 0 Å². The van der Waals surface area contributed by atoms with Gasteiger partial charge in [-0.3, -0.25) is 9.59 Å². The highest BCUT2D eigenvalue weighted by atomic mass is 35.5. The van der Waals surface area contributed by atoms with E-state index in [2.05, 4.69) is 10.2 Å². The fourth-order valence-electron chi connectivity index (χ4n) is 3.40. The molecule has 0 unspecified atom stereocenters. The average molecular weight is 385 g/mol. The van der Waals surface area contributed by atoms with Gasteiger partial charge in [-0.05, 0) is 50.1 Å². The van der Waals surface area contributed by atoms with Crippen molar-refractivity contribution >= 4 is 23.3 Å². The molecular weight excluding hydrogens is 360 g/mol. The molecule has 2 aromatic rings. The molecule has 1 heterocycles. The fourth-order valence-corrected chi connectivity index (χ4v) is 3.53. The summed E-state index contributed by atoms with van der Waals surface area (Å²) in [5.41, 5.74) is 1.43. The summed E-state index contributed by atoms with van der Waals surface area (Å²) in [6, 6.07) is 16.6. The van der Waals surface area contributed by atoms with Crippen molar-refractivity contribution in [3.63, 3.8) is 0 Å². The highest BCUT2D eigenvalue weighted by Crippen LogP contribution is 2.14. The molecule has 2 aromatic carbocycles. The Kier molecular flexibility index (Phi) is 7.02. The van der Waals surface area contributed by atoms with E-state index < -0.39 is 0 Å². The predicted octanol–water partition coefficient (Wildman–Crippen LogP) is 4.20. The zero-order valence-electron chi connectivity index (χ0n) is 15.4. The number of piperidine rings is 1. The van der Waals surface area contributed by atoms with Crippen LogP contribution < -0.4 is 5.32 Å². The minimum atomic E-state index is -0.0430. The van der Waals surface area contributed by atoms with Crippen molar-refractivity contribution < 1.29 is 9.59 Å². The lowest BCUT2D eigenvalue weighted by Gasteiger charge is -2.32. The van der Waals surface area contributed by atoms with Crippen LogP contribution in [0.15, 0.2) is 54.6 Å². The Hall–Kier alpha value is -2.17. The molecule has 0 bridgehead atoms. The lowest BCUT2D eigenvalue weighted by atomic mass is 10.0. The van der Waals surface area contributed by atoms with E-state index in [1.807, 2.05) is 30.3 Å². The number of rotatable bonds is 7. The number of halogens is 1. The Balaban J connectivity index is 1.36. The Morgan fingerprint density at radius 2 is 1.63 bits per heavy atom. The molecule has 1 aliphatic heterocycles. The number of amides is 1. The van der Waals surface area contributed by atoms with Crippen LogP contribution >= 0.6 is 11.6 Å². The van der Waals surface area contributed by atoms with E-state index in [9.17, 15) is 9.59 Å². The van der Waals surface area contributed by atoms with E-state index in [-0.39, 0.29) is 17.7 Å². The molecule has 0 aromatic heterocycles. The third-order valence-electron chi connectivity index (χ3n) is 5.00. The van der Waals surface area contributed by atoms with Crippen LogP contribution in [0.25, 0.3) is 0 Å². The molecule has 3 rings (SSSR count). The van der Waals surface area contributed by atoms with Gasteiger partial charge in [0.2, 0.25) is 0 Å². The molecule has 0 aliphatic carbocycles. The van der Waals surface area contributed by atoms with Gasteiger partial charge in [0, 0.05) is 41.7 Å². The molecule has 142 valence electrons. The van der Waals surface area contributed by atoms with Crippen molar-refractivity contribution in [3.05, 3.63) is 70.7 Å². The number of likely N-dealkylation sites (tertiary alicyclic amines) is 1. The second kappa shape index (κ2) is 9.67. The molecule has 1 aliphatic rings. The highest BCUT2D eigenvalue weighted by Gasteiger charge is 2.21. The molecule has 1 amide bonds. The normalized spacial score (nSPS) is 15.4. The van der Waals surface area contributed by atoms with Gasteiger partial charge in [-0.25, -0.2) is 0 Å². The summed E-state index contributed by atoms with van der Waals surface area (Å²) >= 11 is 5.86. The summed E-state index contributed by atoms with van der Waals surface area (Å²) in [6.07, 6.45) is 3.32. The van der Waals surface area contributed by atoms with Gasteiger partial charge in [-0.2, -0.15) is 0 Å². The van der Waals surface area contributed by atoms with Gasteiger partial charge in [0.25, 0.3) is 5.91 Å². The quantitative estimate of drug-likeness (QED) is 0.728. The lowest BCUT2D eigenvalue weighted by Crippen LogP contribution is -2.44. The second-order valence-corrected chi connectivity index (χ2v) is 7.43. The number of ketones is 1. The SMILES string of the molecule is O=C(CCCN1CCC(NC(=O)c2ccc(Cl)cc2)CC1)c1ccccc1. The van der Waals surface area contributed by atoms with E-state index in [4.69, 9.17) is 11.6 Å². The zero-order valence-corrected chi connectivity index (χ0v) is 16.1. The number of benzene rings is 2. The minimum absolute atomic E-state index is 0.0430. The Morgan fingerprint density at radius 3 is 2.30 bits per heavy atom. The average Bonchev–Trinajstić information content (AvgIpc) is 2.70. The smallest absolute Gasteiger partial charge is 0.251 e. The first kappa shape index (κ1) is 19.6. The first-order chi connectivity index (χ1) is 13.1. The Labute approximate surface area is 165 Å². The first-order valence-electron chi connectivity index (χ1n) is 9.49. The van der Waals surface area contributed by atoms with Crippen LogP contribution in [0.5, 0.6) is 0 Å². The third-order valence-corrected chi connectivity index (χ3v) is 5.26. The van der Waals surface area contributed by atoms with Gasteiger partial charge in [0.1, 0.15) is 0 Å². The number of nitrogens with one attached hydrogen (secondary N) is 1. The Bertz CT molecular complexity index is 754. The largest absolute Gasteiger partial charge is 0.349 e. The molecular formula is C22H25ClN2O2. The van der Waals surface area contributed by atoms with E-state index in [0.717, 1.165) is 44.5 Å². The topological polar surface area (TPSA) is 49.4 Å². The number of carbonyl (C=O) groups excluding carboxylic acids is 2. The summed E-state index contributed by atoms with van der Waals surface area (Å²) < 4.78 is 0. The molecule has 27 heavy (non-hydrogen) atoms. The number of nitrogens with zero attached hydrogens (tertiary/aromatic N) is 1. The maximum Gasteiger partial charge on any atom is 0.251 e. The summed E-state index contributed by atoms with van der Waals surface area (Å²) in [5.74, 6) is 0.166. The number of Topliss-reactive ketones (excluding diaryl/α,β-unsaturated/α-hetero) is 1. The molecule has 0 saturated carbocycles. The molecule has 4 nitrogen and oxygen atoms in total. The molecule has 1 fully saturated rings. The van der Waals surface area contributed by atoms with E-state index in [1.165, 1.54) is 0 Å². The molecule has 0 radical (unpaired) electrons. The van der Waals surface area contributed by atoms with E-state index in [0.29, 0.717) is 17.0 Å². The van der Waals surface area contributed by atoms with Gasteiger partial charge in [-0.1, -0.05) is 41.9 Å². The third kappa shape index (κ3) is 5.91. The number of hydrogen-bond donors (Lipinski definition) is 1. The van der Waals surface area contributed by atoms with Crippen molar-refractivity contribution in [2.24, 2.45) is 0 Å². The van der Waals surface area contributed by atoms with Crippen LogP contribution in [0, 0.1) is 0 Å². The van der Waals surface area contributed by atoms with Crippen LogP contribution in [0.1, 0.15) is 46.4 Å². The maximum atomic E-state index is 12.3. The monoisotopic (exact) mass is 384 g/mol. The molecule has 0 atom stereocenters. The molecule has 1 saturated heterocycles. The molecule has 0 spiro atoms. The summed E-state index contributed by atoms with van der Waals surface area (Å²) in [7, 11) is 0. The zero-order chi connectivity index (χ0) is 19.1. The molecule has 5 heteroatoms. The van der Waals surface area contributed by atoms with Gasteiger partial charge < -0.3 is 10.2 Å². The highest BCUT2D eigenvalue weighted by molar-refractivity contribution is 6.30. The van der Waals surface area contributed by atoms with E-state index >= 15 is 0 Å². The maximum absolute atomic E-state index is 12.3. The van der Waals surface area contributed by atoms with Crippen LogP contribution in [-0.4, -0.2) is 42.3 Å². The van der Waals surface area contributed by atoms with Crippen molar-refractivity contribution in [1.29, 1.82) is 0 Å². The number of carbonyl (C=O) groups is 2. The van der Waals surface area contributed by atoms with Gasteiger partial charge in [0.05, 0.1) is 0 Å². The molecule has 1 N–H and O–H groups in total. The van der Waals surface area contributed by atoms with Crippen molar-refractivity contribution in [2.45, 2.75) is 31.7 Å². The predicted molar refractivity (Wildman–Crippen MR) is 108 cm³/mol. The van der Waals surface area contributed by atoms with Gasteiger partial charge in [0.15, 0.2) is 5.78 Å². The first-order valence-corrected chi connectivity index (χ1v) is 9.86. The minimum Gasteiger partial charge on any atom is -0.349 e. The fraction of sp³-hybridized carbons (Fsp3) is 0.364.